The Hall–Kier alpha value is -3.12. The molecular formula is C13H8FN5. The Labute approximate surface area is 108 Å². The van der Waals surface area contributed by atoms with Crippen molar-refractivity contribution in [2.24, 2.45) is 0 Å². The minimum Gasteiger partial charge on any atom is -0.383 e. The summed E-state index contributed by atoms with van der Waals surface area (Å²) >= 11 is 0. The van der Waals surface area contributed by atoms with E-state index in [1.807, 2.05) is 12.1 Å². The number of hydrogen-bond acceptors (Lipinski definition) is 5. The molecule has 0 radical (unpaired) electrons. The molecule has 4 N–H and O–H groups in total. The molecule has 2 aromatic rings. The lowest BCUT2D eigenvalue weighted by molar-refractivity contribution is 0.628. The number of halogens is 1. The zero-order chi connectivity index (χ0) is 14.0. The van der Waals surface area contributed by atoms with E-state index in [-0.39, 0.29) is 28.3 Å². The summed E-state index contributed by atoms with van der Waals surface area (Å²) in [5, 5.41) is 18.3. The summed E-state index contributed by atoms with van der Waals surface area (Å²) in [6.07, 6.45) is 0. The van der Waals surface area contributed by atoms with Gasteiger partial charge >= 0.3 is 0 Å². The van der Waals surface area contributed by atoms with Crippen LogP contribution in [-0.4, -0.2) is 4.98 Å². The zero-order valence-electron chi connectivity index (χ0n) is 9.68. The van der Waals surface area contributed by atoms with Crippen molar-refractivity contribution in [1.82, 2.24) is 4.98 Å². The van der Waals surface area contributed by atoms with Gasteiger partial charge in [0.15, 0.2) is 0 Å². The molecule has 0 atom stereocenters. The van der Waals surface area contributed by atoms with Gasteiger partial charge < -0.3 is 11.5 Å². The van der Waals surface area contributed by atoms with Gasteiger partial charge in [-0.2, -0.15) is 10.5 Å². The van der Waals surface area contributed by atoms with Crippen molar-refractivity contribution in [3.8, 4) is 23.3 Å². The summed E-state index contributed by atoms with van der Waals surface area (Å²) in [6, 6.07) is 9.13. The fraction of sp³-hybridized carbons (Fsp3) is 0. The molecule has 1 aromatic heterocycles. The normalized spacial score (nSPS) is 9.63. The highest BCUT2D eigenvalue weighted by Gasteiger charge is 2.18. The van der Waals surface area contributed by atoms with Crippen LogP contribution in [0.3, 0.4) is 0 Å². The molecule has 5 nitrogen and oxygen atoms in total. The van der Waals surface area contributed by atoms with Gasteiger partial charge in [-0.1, -0.05) is 12.1 Å². The number of rotatable bonds is 1. The summed E-state index contributed by atoms with van der Waals surface area (Å²) in [6.45, 7) is 0. The van der Waals surface area contributed by atoms with Gasteiger partial charge in [0, 0.05) is 5.56 Å². The van der Waals surface area contributed by atoms with Crippen LogP contribution < -0.4 is 11.5 Å². The second-order valence-corrected chi connectivity index (χ2v) is 3.74. The molecule has 0 spiro atoms. The number of anilines is 2. The number of hydrogen-bond donors (Lipinski definition) is 2. The first-order valence-corrected chi connectivity index (χ1v) is 5.23. The van der Waals surface area contributed by atoms with Gasteiger partial charge in [0.1, 0.15) is 40.7 Å². The van der Waals surface area contributed by atoms with Gasteiger partial charge in [0.05, 0.1) is 0 Å². The highest BCUT2D eigenvalue weighted by molar-refractivity contribution is 5.84. The van der Waals surface area contributed by atoms with Gasteiger partial charge in [-0.3, -0.25) is 0 Å². The fourth-order valence-corrected chi connectivity index (χ4v) is 1.75. The third kappa shape index (κ3) is 2.03. The van der Waals surface area contributed by atoms with Crippen molar-refractivity contribution in [3.05, 3.63) is 41.2 Å². The van der Waals surface area contributed by atoms with Gasteiger partial charge in [0.2, 0.25) is 0 Å². The summed E-state index contributed by atoms with van der Waals surface area (Å²) in [4.78, 5) is 3.76. The molecule has 1 heterocycles. The molecule has 0 bridgehead atoms. The Morgan fingerprint density at radius 3 is 1.84 bits per heavy atom. The molecule has 92 valence electrons. The SMILES string of the molecule is N#Cc1c(N)nc(N)c(C#N)c1-c1ccc(F)cc1. The van der Waals surface area contributed by atoms with Crippen molar-refractivity contribution in [2.45, 2.75) is 0 Å². The average Bonchev–Trinajstić information content (AvgIpc) is 2.39. The van der Waals surface area contributed by atoms with Gasteiger partial charge in [-0.15, -0.1) is 0 Å². The van der Waals surface area contributed by atoms with Crippen molar-refractivity contribution in [1.29, 1.82) is 10.5 Å². The molecule has 0 saturated carbocycles. The molecule has 1 aromatic carbocycles. The van der Waals surface area contributed by atoms with Gasteiger partial charge in [0.25, 0.3) is 0 Å². The van der Waals surface area contributed by atoms with Gasteiger partial charge in [-0.05, 0) is 17.7 Å². The summed E-state index contributed by atoms with van der Waals surface area (Å²) in [5.41, 5.74) is 12.1. The number of benzene rings is 1. The molecule has 6 heteroatoms. The molecule has 0 amide bonds. The highest BCUT2D eigenvalue weighted by atomic mass is 19.1. The van der Waals surface area contributed by atoms with Crippen LogP contribution in [0.25, 0.3) is 11.1 Å². The van der Waals surface area contributed by atoms with Crippen LogP contribution in [0.2, 0.25) is 0 Å². The van der Waals surface area contributed by atoms with Crippen LogP contribution in [0.4, 0.5) is 16.0 Å². The molecule has 0 aliphatic heterocycles. The Bertz CT molecular complexity index is 684. The number of nitrogens with two attached hydrogens (primary N) is 2. The molecule has 0 aliphatic rings. The smallest absolute Gasteiger partial charge is 0.144 e. The Morgan fingerprint density at radius 2 is 1.42 bits per heavy atom. The predicted octanol–water partition coefficient (Wildman–Crippen LogP) is 1.80. The summed E-state index contributed by atoms with van der Waals surface area (Å²) < 4.78 is 12.9. The Morgan fingerprint density at radius 1 is 0.947 bits per heavy atom. The van der Waals surface area contributed by atoms with E-state index in [0.717, 1.165) is 0 Å². The van der Waals surface area contributed by atoms with Crippen LogP contribution in [-0.2, 0) is 0 Å². The average molecular weight is 253 g/mol. The Kier molecular flexibility index (Phi) is 3.01. The lowest BCUT2D eigenvalue weighted by Crippen LogP contribution is -2.05. The molecule has 0 fully saturated rings. The van der Waals surface area contributed by atoms with Crippen molar-refractivity contribution in [2.75, 3.05) is 11.5 Å². The lowest BCUT2D eigenvalue weighted by Gasteiger charge is -2.10. The largest absolute Gasteiger partial charge is 0.383 e. The number of aromatic nitrogens is 1. The first kappa shape index (κ1) is 12.3. The van der Waals surface area contributed by atoms with E-state index >= 15 is 0 Å². The molecule has 0 unspecified atom stereocenters. The standard InChI is InChI=1S/C13H8FN5/c14-8-3-1-7(2-4-8)11-9(5-15)12(17)19-13(18)10(11)6-16/h1-4H,(H4,17,18,19). The van der Waals surface area contributed by atoms with Crippen LogP contribution >= 0.6 is 0 Å². The second kappa shape index (κ2) is 4.63. The number of pyridine rings is 1. The lowest BCUT2D eigenvalue weighted by atomic mass is 9.96. The summed E-state index contributed by atoms with van der Waals surface area (Å²) in [5.74, 6) is -0.535. The minimum atomic E-state index is -0.421. The Balaban J connectivity index is 2.85. The number of nitrogen functional groups attached to an aromatic ring is 2. The first-order chi connectivity index (χ1) is 9.08. The van der Waals surface area contributed by atoms with E-state index in [1.165, 1.54) is 24.3 Å². The fourth-order valence-electron chi connectivity index (χ4n) is 1.75. The maximum Gasteiger partial charge on any atom is 0.144 e. The second-order valence-electron chi connectivity index (χ2n) is 3.74. The van der Waals surface area contributed by atoms with Crippen molar-refractivity contribution >= 4 is 11.6 Å². The van der Waals surface area contributed by atoms with E-state index in [1.54, 1.807) is 0 Å². The van der Waals surface area contributed by atoms with Crippen molar-refractivity contribution < 1.29 is 4.39 Å². The first-order valence-electron chi connectivity index (χ1n) is 5.23. The quantitative estimate of drug-likeness (QED) is 0.804. The number of nitrogens with zero attached hydrogens (tertiary/aromatic N) is 3. The van der Waals surface area contributed by atoms with Crippen LogP contribution in [0.15, 0.2) is 24.3 Å². The summed E-state index contributed by atoms with van der Waals surface area (Å²) in [7, 11) is 0. The third-order valence-electron chi connectivity index (χ3n) is 2.61. The molecule has 0 aliphatic carbocycles. The molecule has 0 saturated heterocycles. The van der Waals surface area contributed by atoms with E-state index < -0.39 is 5.82 Å². The molecular weight excluding hydrogens is 245 g/mol. The zero-order valence-corrected chi connectivity index (χ0v) is 9.68. The third-order valence-corrected chi connectivity index (χ3v) is 2.61. The topological polar surface area (TPSA) is 113 Å². The minimum absolute atomic E-state index is 0.0531. The van der Waals surface area contributed by atoms with Crippen molar-refractivity contribution in [3.63, 3.8) is 0 Å². The van der Waals surface area contributed by atoms with Crippen LogP contribution in [0.1, 0.15) is 11.1 Å². The van der Waals surface area contributed by atoms with E-state index in [4.69, 9.17) is 22.0 Å². The highest BCUT2D eigenvalue weighted by Crippen LogP contribution is 2.32. The predicted molar refractivity (Wildman–Crippen MR) is 67.9 cm³/mol. The maximum atomic E-state index is 12.9. The molecule has 19 heavy (non-hydrogen) atoms. The molecule has 2 rings (SSSR count). The van der Waals surface area contributed by atoms with E-state index in [9.17, 15) is 4.39 Å². The number of nitriles is 2. The monoisotopic (exact) mass is 253 g/mol. The van der Waals surface area contributed by atoms with Gasteiger partial charge in [-0.25, -0.2) is 9.37 Å². The van der Waals surface area contributed by atoms with Crippen LogP contribution in [0.5, 0.6) is 0 Å². The van der Waals surface area contributed by atoms with E-state index in [0.29, 0.717) is 5.56 Å². The maximum absolute atomic E-state index is 12.9. The van der Waals surface area contributed by atoms with Crippen LogP contribution in [0, 0.1) is 28.5 Å². The van der Waals surface area contributed by atoms with E-state index in [2.05, 4.69) is 4.98 Å².